The number of carbonyl (C=O) groups excluding carboxylic acids is 1. The summed E-state index contributed by atoms with van der Waals surface area (Å²) in [4.78, 5) is 18.2. The van der Waals surface area contributed by atoms with E-state index >= 15 is 0 Å². The average Bonchev–Trinajstić information content (AvgIpc) is 2.89. The van der Waals surface area contributed by atoms with Crippen LogP contribution in [-0.2, 0) is 45.7 Å². The number of pyridine rings is 1. The van der Waals surface area contributed by atoms with E-state index in [2.05, 4.69) is 23.1 Å². The van der Waals surface area contributed by atoms with Gasteiger partial charge in [0.25, 0.3) is 5.91 Å². The monoisotopic (exact) mass is 330 g/mol. The second kappa shape index (κ2) is 5.93. The van der Waals surface area contributed by atoms with Crippen LogP contribution in [0.1, 0.15) is 23.0 Å². The summed E-state index contributed by atoms with van der Waals surface area (Å²) in [6.45, 7) is 3.35. The Labute approximate surface area is 136 Å². The van der Waals surface area contributed by atoms with Crippen molar-refractivity contribution in [2.45, 2.75) is 19.9 Å². The van der Waals surface area contributed by atoms with Gasteiger partial charge in [0.15, 0.2) is 0 Å². The summed E-state index contributed by atoms with van der Waals surface area (Å²) in [5, 5.41) is 4.10. The Morgan fingerprint density at radius 1 is 1.42 bits per heavy atom. The van der Waals surface area contributed by atoms with Crippen LogP contribution in [0.3, 0.4) is 0 Å². The molecule has 1 aliphatic rings. The van der Waals surface area contributed by atoms with Crippen molar-refractivity contribution in [1.29, 1.82) is 0 Å². The third kappa shape index (κ3) is 2.62. The molecule has 0 fully saturated rings. The molecule has 2 aromatic rings. The van der Waals surface area contributed by atoms with E-state index in [1.807, 2.05) is 0 Å². The van der Waals surface area contributed by atoms with Crippen molar-refractivity contribution < 1.29 is 37.5 Å². The molecule has 6 heteroatoms. The Balaban J connectivity index is 0.00000133. The van der Waals surface area contributed by atoms with Gasteiger partial charge in [-0.2, -0.15) is 11.2 Å². The number of fused-ring (bicyclic) bond motifs is 1. The zero-order chi connectivity index (χ0) is 12.5. The number of hydrogen-bond acceptors (Lipinski definition) is 3. The number of rotatable bonds is 2. The van der Waals surface area contributed by atoms with Crippen LogP contribution in [0, 0.1) is 6.07 Å². The molecular formula is C13H13N4OY-. The second-order valence-corrected chi connectivity index (χ2v) is 4.18. The zero-order valence-corrected chi connectivity index (χ0v) is 13.5. The predicted molar refractivity (Wildman–Crippen MR) is 66.4 cm³/mol. The third-order valence-corrected chi connectivity index (χ3v) is 3.11. The first-order valence-corrected chi connectivity index (χ1v) is 6.00. The van der Waals surface area contributed by atoms with Gasteiger partial charge in [-0.05, 0) is 6.07 Å². The second-order valence-electron chi connectivity index (χ2n) is 4.18. The van der Waals surface area contributed by atoms with Gasteiger partial charge in [-0.3, -0.25) is 9.48 Å². The predicted octanol–water partition coefficient (Wildman–Crippen LogP) is 1.30. The molecule has 3 rings (SSSR count). The van der Waals surface area contributed by atoms with E-state index in [0.29, 0.717) is 24.6 Å². The van der Waals surface area contributed by atoms with Crippen LogP contribution in [-0.4, -0.2) is 27.2 Å². The van der Waals surface area contributed by atoms with Crippen LogP contribution in [0.25, 0.3) is 0 Å². The molecular weight excluding hydrogens is 317 g/mol. The Hall–Kier alpha value is -1.07. The van der Waals surface area contributed by atoms with Crippen LogP contribution in [0.4, 0.5) is 5.82 Å². The number of carbonyl (C=O) groups is 1. The minimum Gasteiger partial charge on any atom is -0.367 e. The van der Waals surface area contributed by atoms with E-state index in [9.17, 15) is 4.79 Å². The van der Waals surface area contributed by atoms with Gasteiger partial charge in [-0.1, -0.05) is 19.5 Å². The molecule has 5 nitrogen and oxygen atoms in total. The zero-order valence-electron chi connectivity index (χ0n) is 10.7. The maximum absolute atomic E-state index is 12.2. The normalized spacial score (nSPS) is 13.9. The van der Waals surface area contributed by atoms with Crippen molar-refractivity contribution in [1.82, 2.24) is 14.8 Å². The molecule has 95 valence electrons. The number of anilines is 1. The first kappa shape index (κ1) is 14.3. The summed E-state index contributed by atoms with van der Waals surface area (Å²) in [6, 6.07) is 6.66. The first-order chi connectivity index (χ1) is 8.79. The van der Waals surface area contributed by atoms with Crippen molar-refractivity contribution in [3.05, 3.63) is 41.9 Å². The molecule has 0 N–H and O–H groups in total. The van der Waals surface area contributed by atoms with Gasteiger partial charge in [0.1, 0.15) is 5.69 Å². The molecule has 0 atom stereocenters. The van der Waals surface area contributed by atoms with E-state index in [0.717, 1.165) is 12.0 Å². The summed E-state index contributed by atoms with van der Waals surface area (Å²) in [6.07, 6.45) is 4.32. The summed E-state index contributed by atoms with van der Waals surface area (Å²) in [5.41, 5.74) is 1.66. The van der Waals surface area contributed by atoms with Gasteiger partial charge in [-0.15, -0.1) is 11.6 Å². The van der Waals surface area contributed by atoms with Crippen LogP contribution < -0.4 is 4.90 Å². The Morgan fingerprint density at radius 3 is 2.95 bits per heavy atom. The summed E-state index contributed by atoms with van der Waals surface area (Å²) in [5.74, 6) is 0.605. The quantitative estimate of drug-likeness (QED) is 0.780. The molecule has 0 bridgehead atoms. The summed E-state index contributed by atoms with van der Waals surface area (Å²) < 4.78 is 1.73. The molecule has 1 radical (unpaired) electrons. The fourth-order valence-electron chi connectivity index (χ4n) is 2.06. The molecule has 0 aromatic carbocycles. The number of aromatic nitrogens is 3. The molecule has 0 unspecified atom stereocenters. The van der Waals surface area contributed by atoms with Crippen LogP contribution >= 0.6 is 0 Å². The maximum Gasteiger partial charge on any atom is 0.266 e. The van der Waals surface area contributed by atoms with E-state index < -0.39 is 0 Å². The average molecular weight is 330 g/mol. The topological polar surface area (TPSA) is 51.0 Å². The van der Waals surface area contributed by atoms with Crippen molar-refractivity contribution >= 4 is 11.7 Å². The van der Waals surface area contributed by atoms with E-state index in [4.69, 9.17) is 0 Å². The molecule has 1 amide bonds. The standard InChI is InChI=1S/C13H13N4O.Y/c1-2-10-3-4-12(14-9-10)16-7-8-17-11(13(16)18)5-6-15-17;/h4-6,9H,2,7-8H2,1H3;/q-1;. The molecule has 0 aliphatic carbocycles. The van der Waals surface area contributed by atoms with E-state index in [1.54, 1.807) is 34.1 Å². The smallest absolute Gasteiger partial charge is 0.266 e. The number of amides is 1. The molecule has 0 saturated carbocycles. The minimum absolute atomic E-state index is 0. The molecule has 0 saturated heterocycles. The summed E-state index contributed by atoms with van der Waals surface area (Å²) >= 11 is 0. The fraction of sp³-hybridized carbons (Fsp3) is 0.308. The molecule has 0 spiro atoms. The maximum atomic E-state index is 12.2. The van der Waals surface area contributed by atoms with Crippen molar-refractivity contribution in [2.24, 2.45) is 0 Å². The number of hydrogen-bond donors (Lipinski definition) is 0. The van der Waals surface area contributed by atoms with Crippen molar-refractivity contribution in [3.63, 3.8) is 0 Å². The number of aryl methyl sites for hydroxylation is 1. The van der Waals surface area contributed by atoms with Gasteiger partial charge < -0.3 is 9.88 Å². The molecule has 3 heterocycles. The molecule has 19 heavy (non-hydrogen) atoms. The minimum atomic E-state index is -0.0519. The SMILES string of the molecule is CCc1[c-]cc(N2CCn3nccc3C2=O)nc1.[Y]. The van der Waals surface area contributed by atoms with E-state index in [-0.39, 0.29) is 38.6 Å². The Kier molecular flexibility index (Phi) is 4.47. The van der Waals surface area contributed by atoms with Crippen molar-refractivity contribution in [3.8, 4) is 0 Å². The van der Waals surface area contributed by atoms with Crippen LogP contribution in [0.2, 0.25) is 0 Å². The van der Waals surface area contributed by atoms with Gasteiger partial charge >= 0.3 is 0 Å². The van der Waals surface area contributed by atoms with Gasteiger partial charge in [-0.25, -0.2) is 0 Å². The fourth-order valence-corrected chi connectivity index (χ4v) is 2.06. The third-order valence-electron chi connectivity index (χ3n) is 3.11. The van der Waals surface area contributed by atoms with Crippen LogP contribution in [0.5, 0.6) is 0 Å². The van der Waals surface area contributed by atoms with E-state index in [1.165, 1.54) is 0 Å². The molecule has 1 aliphatic heterocycles. The van der Waals surface area contributed by atoms with Crippen LogP contribution in [0.15, 0.2) is 24.5 Å². The Morgan fingerprint density at radius 2 is 2.26 bits per heavy atom. The largest absolute Gasteiger partial charge is 0.367 e. The number of nitrogens with zero attached hydrogens (tertiary/aromatic N) is 4. The summed E-state index contributed by atoms with van der Waals surface area (Å²) in [7, 11) is 0. The first-order valence-electron chi connectivity index (χ1n) is 6.00. The Bertz CT molecular complexity index is 579. The van der Waals surface area contributed by atoms with Gasteiger partial charge in [0.2, 0.25) is 0 Å². The van der Waals surface area contributed by atoms with Crippen molar-refractivity contribution in [2.75, 3.05) is 11.4 Å². The van der Waals surface area contributed by atoms with Gasteiger partial charge in [0.05, 0.1) is 6.54 Å². The van der Waals surface area contributed by atoms with Gasteiger partial charge in [0, 0.05) is 51.3 Å². The molecule has 2 aromatic heterocycles.